The lowest BCUT2D eigenvalue weighted by atomic mass is 10.2. The monoisotopic (exact) mass is 245 g/mol. The Morgan fingerprint density at radius 3 is 2.78 bits per heavy atom. The molecule has 0 unspecified atom stereocenters. The average molecular weight is 245 g/mol. The molecule has 18 heavy (non-hydrogen) atoms. The third-order valence-electron chi connectivity index (χ3n) is 2.39. The molecule has 4 nitrogen and oxygen atoms in total. The summed E-state index contributed by atoms with van der Waals surface area (Å²) in [7, 11) is 0. The molecule has 92 valence electrons. The summed E-state index contributed by atoms with van der Waals surface area (Å²) < 4.78 is 13.2. The molecule has 0 radical (unpaired) electrons. The molecule has 0 bridgehead atoms. The van der Waals surface area contributed by atoms with E-state index in [1.165, 1.54) is 12.1 Å². The van der Waals surface area contributed by atoms with Crippen LogP contribution >= 0.6 is 0 Å². The molecule has 0 aliphatic carbocycles. The second-order valence-electron chi connectivity index (χ2n) is 3.85. The van der Waals surface area contributed by atoms with Gasteiger partial charge in [-0.3, -0.25) is 4.79 Å². The normalized spacial score (nSPS) is 10.1. The van der Waals surface area contributed by atoms with Crippen LogP contribution in [0, 0.1) is 12.7 Å². The van der Waals surface area contributed by atoms with Gasteiger partial charge < -0.3 is 11.1 Å². The highest BCUT2D eigenvalue weighted by atomic mass is 19.1. The van der Waals surface area contributed by atoms with E-state index in [-0.39, 0.29) is 11.3 Å². The number of pyridine rings is 1. The van der Waals surface area contributed by atoms with Crippen LogP contribution in [0.25, 0.3) is 0 Å². The molecule has 3 N–H and O–H groups in total. The van der Waals surface area contributed by atoms with Crippen molar-refractivity contribution in [2.45, 2.75) is 6.92 Å². The lowest BCUT2D eigenvalue weighted by Gasteiger charge is -2.05. The molecule has 1 amide bonds. The fourth-order valence-corrected chi connectivity index (χ4v) is 1.47. The van der Waals surface area contributed by atoms with E-state index < -0.39 is 11.7 Å². The van der Waals surface area contributed by atoms with E-state index in [4.69, 9.17) is 5.73 Å². The van der Waals surface area contributed by atoms with Gasteiger partial charge in [-0.15, -0.1) is 0 Å². The number of carbonyl (C=O) groups is 1. The van der Waals surface area contributed by atoms with E-state index in [0.29, 0.717) is 5.82 Å². The van der Waals surface area contributed by atoms with Crippen LogP contribution in [-0.4, -0.2) is 10.9 Å². The second kappa shape index (κ2) is 4.83. The van der Waals surface area contributed by atoms with Crippen LogP contribution in [0.2, 0.25) is 0 Å². The predicted octanol–water partition coefficient (Wildman–Crippen LogP) is 2.36. The van der Waals surface area contributed by atoms with Crippen LogP contribution in [0.4, 0.5) is 15.9 Å². The minimum atomic E-state index is -0.611. The molecular weight excluding hydrogens is 233 g/mol. The average Bonchev–Trinajstić information content (AvgIpc) is 2.32. The first kappa shape index (κ1) is 12.0. The number of hydrogen-bond donors (Lipinski definition) is 2. The van der Waals surface area contributed by atoms with Crippen molar-refractivity contribution < 1.29 is 9.18 Å². The molecule has 1 aromatic heterocycles. The Hall–Kier alpha value is -2.43. The molecule has 0 saturated carbocycles. The van der Waals surface area contributed by atoms with Crippen molar-refractivity contribution in [1.82, 2.24) is 4.98 Å². The van der Waals surface area contributed by atoms with Gasteiger partial charge in [0.05, 0.1) is 5.69 Å². The summed E-state index contributed by atoms with van der Waals surface area (Å²) in [6.07, 6.45) is 0. The van der Waals surface area contributed by atoms with Crippen LogP contribution in [-0.2, 0) is 0 Å². The van der Waals surface area contributed by atoms with Crippen LogP contribution in [0.15, 0.2) is 36.4 Å². The first-order chi connectivity index (χ1) is 8.56. The zero-order valence-corrected chi connectivity index (χ0v) is 9.77. The second-order valence-corrected chi connectivity index (χ2v) is 3.85. The van der Waals surface area contributed by atoms with Crippen molar-refractivity contribution in [3.63, 3.8) is 0 Å². The highest BCUT2D eigenvalue weighted by Gasteiger charge is 2.09. The number of hydrogen-bond acceptors (Lipinski definition) is 3. The zero-order valence-electron chi connectivity index (χ0n) is 9.77. The number of nitrogens with two attached hydrogens (primary N) is 1. The maximum absolute atomic E-state index is 13.2. The van der Waals surface area contributed by atoms with Crippen molar-refractivity contribution in [2.24, 2.45) is 0 Å². The molecule has 0 spiro atoms. The number of amides is 1. The van der Waals surface area contributed by atoms with Crippen molar-refractivity contribution in [1.29, 1.82) is 0 Å². The summed E-state index contributed by atoms with van der Waals surface area (Å²) >= 11 is 0. The van der Waals surface area contributed by atoms with Gasteiger partial charge in [-0.25, -0.2) is 9.37 Å². The number of benzene rings is 1. The van der Waals surface area contributed by atoms with E-state index in [2.05, 4.69) is 10.3 Å². The van der Waals surface area contributed by atoms with Gasteiger partial charge >= 0.3 is 0 Å². The highest BCUT2D eigenvalue weighted by molar-refractivity contribution is 6.03. The number of aromatic nitrogens is 1. The first-order valence-corrected chi connectivity index (χ1v) is 5.36. The Balaban J connectivity index is 2.19. The van der Waals surface area contributed by atoms with Crippen molar-refractivity contribution in [2.75, 3.05) is 11.1 Å². The molecule has 1 heterocycles. The van der Waals surface area contributed by atoms with E-state index in [0.717, 1.165) is 11.8 Å². The topological polar surface area (TPSA) is 68.0 Å². The standard InChI is InChI=1S/C13H12FN3O/c1-8-3-2-4-12(16-8)17-13(18)9-5-6-11(15)10(14)7-9/h2-7H,15H2,1H3,(H,16,17,18). The van der Waals surface area contributed by atoms with Crippen LogP contribution in [0.3, 0.4) is 0 Å². The van der Waals surface area contributed by atoms with Gasteiger partial charge in [0.1, 0.15) is 11.6 Å². The number of nitrogens with one attached hydrogen (secondary N) is 1. The summed E-state index contributed by atoms with van der Waals surface area (Å²) in [5, 5.41) is 2.59. The number of anilines is 2. The van der Waals surface area contributed by atoms with Gasteiger partial charge in [-0.05, 0) is 37.3 Å². The Morgan fingerprint density at radius 1 is 1.33 bits per heavy atom. The Kier molecular flexibility index (Phi) is 3.23. The fraction of sp³-hybridized carbons (Fsp3) is 0.0769. The summed E-state index contributed by atoms with van der Waals surface area (Å²) in [5.41, 5.74) is 6.34. The number of carbonyl (C=O) groups excluding carboxylic acids is 1. The van der Waals surface area contributed by atoms with E-state index in [9.17, 15) is 9.18 Å². The minimum Gasteiger partial charge on any atom is -0.396 e. The van der Waals surface area contributed by atoms with Gasteiger partial charge in [0.25, 0.3) is 5.91 Å². The summed E-state index contributed by atoms with van der Waals surface area (Å²) in [5.74, 6) is -0.607. The Morgan fingerprint density at radius 2 is 2.11 bits per heavy atom. The lowest BCUT2D eigenvalue weighted by molar-refractivity contribution is 0.102. The van der Waals surface area contributed by atoms with Gasteiger partial charge in [0.15, 0.2) is 0 Å². The van der Waals surface area contributed by atoms with Gasteiger partial charge in [-0.2, -0.15) is 0 Å². The molecule has 2 aromatic rings. The molecule has 0 saturated heterocycles. The third kappa shape index (κ3) is 2.63. The quantitative estimate of drug-likeness (QED) is 0.798. The SMILES string of the molecule is Cc1cccc(NC(=O)c2ccc(N)c(F)c2)n1. The van der Waals surface area contributed by atoms with Crippen LogP contribution < -0.4 is 11.1 Å². The largest absolute Gasteiger partial charge is 0.396 e. The molecule has 2 rings (SSSR count). The molecular formula is C13H12FN3O. The number of nitrogen functional groups attached to an aromatic ring is 1. The molecule has 5 heteroatoms. The minimum absolute atomic E-state index is 0.0141. The zero-order chi connectivity index (χ0) is 13.1. The number of aryl methyl sites for hydroxylation is 1. The number of halogens is 1. The van der Waals surface area contributed by atoms with E-state index >= 15 is 0 Å². The maximum atomic E-state index is 13.2. The smallest absolute Gasteiger partial charge is 0.256 e. The van der Waals surface area contributed by atoms with Crippen LogP contribution in [0.5, 0.6) is 0 Å². The Labute approximate surface area is 104 Å². The molecule has 0 aliphatic heterocycles. The number of nitrogens with zero attached hydrogens (tertiary/aromatic N) is 1. The lowest BCUT2D eigenvalue weighted by Crippen LogP contribution is -2.13. The summed E-state index contributed by atoms with van der Waals surface area (Å²) in [6.45, 7) is 1.82. The van der Waals surface area contributed by atoms with E-state index in [1.54, 1.807) is 12.1 Å². The van der Waals surface area contributed by atoms with Crippen molar-refractivity contribution >= 4 is 17.4 Å². The van der Waals surface area contributed by atoms with E-state index in [1.807, 2.05) is 13.0 Å². The van der Waals surface area contributed by atoms with Gasteiger partial charge in [0, 0.05) is 11.3 Å². The van der Waals surface area contributed by atoms with Gasteiger partial charge in [0.2, 0.25) is 0 Å². The molecule has 0 atom stereocenters. The summed E-state index contributed by atoms with van der Waals surface area (Å²) in [4.78, 5) is 16.0. The van der Waals surface area contributed by atoms with Gasteiger partial charge in [-0.1, -0.05) is 6.07 Å². The first-order valence-electron chi connectivity index (χ1n) is 5.36. The molecule has 0 aliphatic rings. The predicted molar refractivity (Wildman–Crippen MR) is 67.7 cm³/mol. The van der Waals surface area contributed by atoms with Crippen LogP contribution in [0.1, 0.15) is 16.1 Å². The van der Waals surface area contributed by atoms with Crippen molar-refractivity contribution in [3.8, 4) is 0 Å². The highest BCUT2D eigenvalue weighted by Crippen LogP contribution is 2.13. The molecule has 1 aromatic carbocycles. The fourth-order valence-electron chi connectivity index (χ4n) is 1.47. The maximum Gasteiger partial charge on any atom is 0.256 e. The third-order valence-corrected chi connectivity index (χ3v) is 2.39. The number of rotatable bonds is 2. The van der Waals surface area contributed by atoms with Crippen molar-refractivity contribution in [3.05, 3.63) is 53.5 Å². The molecule has 0 fully saturated rings. The Bertz CT molecular complexity index is 599. The summed E-state index contributed by atoms with van der Waals surface area (Å²) in [6, 6.07) is 9.18.